The monoisotopic (exact) mass is 320 g/mol. The van der Waals surface area contributed by atoms with Crippen molar-refractivity contribution in [3.8, 4) is 0 Å². The minimum absolute atomic E-state index is 0.0194. The van der Waals surface area contributed by atoms with Gasteiger partial charge in [0.15, 0.2) is 0 Å². The quantitative estimate of drug-likeness (QED) is 0.812. The first-order valence-corrected chi connectivity index (χ1v) is 8.10. The predicted molar refractivity (Wildman–Crippen MR) is 91.3 cm³/mol. The number of carbonyl (C=O) groups is 2. The smallest absolute Gasteiger partial charge is 0.408 e. The van der Waals surface area contributed by atoms with Gasteiger partial charge in [0, 0.05) is 6.54 Å². The molecule has 1 atom stereocenters. The number of amides is 2. The number of rotatable bonds is 7. The van der Waals surface area contributed by atoms with E-state index in [0.29, 0.717) is 6.54 Å². The molecule has 0 aliphatic carbocycles. The molecule has 2 amide bonds. The van der Waals surface area contributed by atoms with E-state index in [-0.39, 0.29) is 17.9 Å². The average Bonchev–Trinajstić information content (AvgIpc) is 2.45. The summed E-state index contributed by atoms with van der Waals surface area (Å²) >= 11 is 0. The third-order valence-corrected chi connectivity index (χ3v) is 3.40. The molecule has 1 rings (SSSR count). The van der Waals surface area contributed by atoms with Crippen LogP contribution in [-0.2, 0) is 16.0 Å². The molecule has 2 N–H and O–H groups in total. The molecule has 1 unspecified atom stereocenters. The topological polar surface area (TPSA) is 67.4 Å². The molecule has 23 heavy (non-hydrogen) atoms. The third kappa shape index (κ3) is 7.17. The Kier molecular flexibility index (Phi) is 7.59. The van der Waals surface area contributed by atoms with Gasteiger partial charge in [0.2, 0.25) is 5.91 Å². The molecular weight excluding hydrogens is 292 g/mol. The highest BCUT2D eigenvalue weighted by molar-refractivity contribution is 5.85. The van der Waals surface area contributed by atoms with Crippen molar-refractivity contribution < 1.29 is 14.3 Å². The maximum Gasteiger partial charge on any atom is 0.408 e. The van der Waals surface area contributed by atoms with Gasteiger partial charge in [-0.05, 0) is 38.7 Å². The summed E-state index contributed by atoms with van der Waals surface area (Å²) in [6.45, 7) is 9.89. The van der Waals surface area contributed by atoms with Gasteiger partial charge in [-0.2, -0.15) is 0 Å². The first-order valence-electron chi connectivity index (χ1n) is 8.10. The summed E-state index contributed by atoms with van der Waals surface area (Å²) < 4.78 is 5.04. The molecule has 5 heteroatoms. The Bertz CT molecular complexity index is 510. The van der Waals surface area contributed by atoms with Gasteiger partial charge in [0.1, 0.15) is 6.04 Å². The lowest BCUT2D eigenvalue weighted by molar-refractivity contribution is -0.124. The maximum atomic E-state index is 12.3. The summed E-state index contributed by atoms with van der Waals surface area (Å²) in [5.74, 6) is -0.207. The van der Waals surface area contributed by atoms with Crippen molar-refractivity contribution in [1.82, 2.24) is 10.6 Å². The lowest BCUT2D eigenvalue weighted by atomic mass is 10.0. The molecule has 0 bridgehead atoms. The Morgan fingerprint density at radius 3 is 2.22 bits per heavy atom. The van der Waals surface area contributed by atoms with Crippen molar-refractivity contribution in [2.45, 2.75) is 53.2 Å². The highest BCUT2D eigenvalue weighted by Gasteiger charge is 2.24. The van der Waals surface area contributed by atoms with Gasteiger partial charge in [0.25, 0.3) is 0 Å². The standard InChI is InChI=1S/C18H28N2O3/c1-12(2)16(20-18(22)23-13(3)4)17(21)19-11-10-15-8-6-14(5)7-9-15/h6-9,12-13,16H,10-11H2,1-5H3,(H,19,21)(H,20,22). The number of aryl methyl sites for hydroxylation is 1. The van der Waals surface area contributed by atoms with Crippen LogP contribution in [0.1, 0.15) is 38.8 Å². The molecule has 1 aromatic carbocycles. The molecule has 0 saturated heterocycles. The van der Waals surface area contributed by atoms with E-state index >= 15 is 0 Å². The van der Waals surface area contributed by atoms with Gasteiger partial charge in [0.05, 0.1) is 6.10 Å². The number of carbonyl (C=O) groups excluding carboxylic acids is 2. The molecule has 0 fully saturated rings. The number of nitrogens with one attached hydrogen (secondary N) is 2. The summed E-state index contributed by atoms with van der Waals surface area (Å²) in [4.78, 5) is 24.0. The van der Waals surface area contributed by atoms with Gasteiger partial charge < -0.3 is 15.4 Å². The molecule has 128 valence electrons. The molecule has 0 heterocycles. The first kappa shape index (κ1) is 19.0. The zero-order chi connectivity index (χ0) is 17.4. The van der Waals surface area contributed by atoms with E-state index in [0.717, 1.165) is 6.42 Å². The van der Waals surface area contributed by atoms with E-state index in [4.69, 9.17) is 4.74 Å². The van der Waals surface area contributed by atoms with Crippen LogP contribution in [0.3, 0.4) is 0 Å². The van der Waals surface area contributed by atoms with Crippen LogP contribution in [0, 0.1) is 12.8 Å². The van der Waals surface area contributed by atoms with Crippen LogP contribution in [0.4, 0.5) is 4.79 Å². The van der Waals surface area contributed by atoms with Crippen molar-refractivity contribution in [1.29, 1.82) is 0 Å². The van der Waals surface area contributed by atoms with Crippen molar-refractivity contribution in [2.75, 3.05) is 6.54 Å². The third-order valence-electron chi connectivity index (χ3n) is 3.40. The summed E-state index contributed by atoms with van der Waals surface area (Å²) in [5.41, 5.74) is 2.38. The van der Waals surface area contributed by atoms with Crippen LogP contribution >= 0.6 is 0 Å². The highest BCUT2D eigenvalue weighted by Crippen LogP contribution is 2.05. The Labute approximate surface area is 138 Å². The van der Waals surface area contributed by atoms with E-state index in [1.807, 2.05) is 20.8 Å². The number of hydrogen-bond donors (Lipinski definition) is 2. The molecule has 0 aliphatic rings. The van der Waals surface area contributed by atoms with E-state index in [2.05, 4.69) is 34.9 Å². The van der Waals surface area contributed by atoms with Crippen molar-refractivity contribution in [3.05, 3.63) is 35.4 Å². The fraction of sp³-hybridized carbons (Fsp3) is 0.556. The summed E-state index contributed by atoms with van der Waals surface area (Å²) in [6.07, 6.45) is -0.0207. The number of hydrogen-bond acceptors (Lipinski definition) is 3. The lowest BCUT2D eigenvalue weighted by Gasteiger charge is -2.22. The van der Waals surface area contributed by atoms with Crippen LogP contribution in [0.15, 0.2) is 24.3 Å². The Morgan fingerprint density at radius 1 is 1.09 bits per heavy atom. The maximum absolute atomic E-state index is 12.3. The molecule has 0 radical (unpaired) electrons. The molecular formula is C18H28N2O3. The molecule has 0 aromatic heterocycles. The van der Waals surface area contributed by atoms with Crippen LogP contribution in [-0.4, -0.2) is 30.7 Å². The number of benzene rings is 1. The normalized spacial score (nSPS) is 12.1. The number of alkyl carbamates (subject to hydrolysis) is 1. The first-order chi connectivity index (χ1) is 10.8. The minimum Gasteiger partial charge on any atom is -0.447 e. The van der Waals surface area contributed by atoms with Gasteiger partial charge in [-0.3, -0.25) is 4.79 Å². The second kappa shape index (κ2) is 9.18. The van der Waals surface area contributed by atoms with Crippen molar-refractivity contribution in [3.63, 3.8) is 0 Å². The molecule has 0 saturated carbocycles. The van der Waals surface area contributed by atoms with Gasteiger partial charge in [-0.15, -0.1) is 0 Å². The van der Waals surface area contributed by atoms with Crippen molar-refractivity contribution >= 4 is 12.0 Å². The molecule has 0 aliphatic heterocycles. The Hall–Kier alpha value is -2.04. The van der Waals surface area contributed by atoms with Crippen molar-refractivity contribution in [2.24, 2.45) is 5.92 Å². The molecule has 5 nitrogen and oxygen atoms in total. The second-order valence-corrected chi connectivity index (χ2v) is 6.35. The van der Waals surface area contributed by atoms with Gasteiger partial charge >= 0.3 is 6.09 Å². The Balaban J connectivity index is 2.47. The SMILES string of the molecule is Cc1ccc(CCNC(=O)C(NC(=O)OC(C)C)C(C)C)cc1. The largest absolute Gasteiger partial charge is 0.447 e. The van der Waals surface area contributed by atoms with Gasteiger partial charge in [-0.25, -0.2) is 4.79 Å². The Morgan fingerprint density at radius 2 is 1.70 bits per heavy atom. The zero-order valence-electron chi connectivity index (χ0n) is 14.7. The average molecular weight is 320 g/mol. The van der Waals surface area contributed by atoms with Crippen LogP contribution in [0.2, 0.25) is 0 Å². The van der Waals surface area contributed by atoms with E-state index in [1.165, 1.54) is 11.1 Å². The van der Waals surface area contributed by atoms with E-state index < -0.39 is 12.1 Å². The lowest BCUT2D eigenvalue weighted by Crippen LogP contribution is -2.50. The predicted octanol–water partition coefficient (Wildman–Crippen LogP) is 2.81. The second-order valence-electron chi connectivity index (χ2n) is 6.35. The summed E-state index contributed by atoms with van der Waals surface area (Å²) in [7, 11) is 0. The van der Waals surface area contributed by atoms with Gasteiger partial charge in [-0.1, -0.05) is 43.7 Å². The number of ether oxygens (including phenoxy) is 1. The minimum atomic E-state index is -0.598. The molecule has 1 aromatic rings. The fourth-order valence-corrected chi connectivity index (χ4v) is 2.10. The highest BCUT2D eigenvalue weighted by atomic mass is 16.6. The zero-order valence-corrected chi connectivity index (χ0v) is 14.7. The summed E-state index contributed by atoms with van der Waals surface area (Å²) in [6, 6.07) is 7.62. The van der Waals surface area contributed by atoms with E-state index in [1.54, 1.807) is 13.8 Å². The van der Waals surface area contributed by atoms with Crippen LogP contribution < -0.4 is 10.6 Å². The van der Waals surface area contributed by atoms with Crippen LogP contribution in [0.25, 0.3) is 0 Å². The summed E-state index contributed by atoms with van der Waals surface area (Å²) in [5, 5.41) is 5.51. The van der Waals surface area contributed by atoms with Crippen LogP contribution in [0.5, 0.6) is 0 Å². The fourth-order valence-electron chi connectivity index (χ4n) is 2.10. The van der Waals surface area contributed by atoms with E-state index in [9.17, 15) is 9.59 Å². The molecule has 0 spiro atoms.